The fourth-order valence-electron chi connectivity index (χ4n) is 6.19. The maximum atomic E-state index is 14.3. The molecule has 0 aliphatic carbocycles. The zero-order valence-electron chi connectivity index (χ0n) is 28.6. The number of hydrogen-bond donors (Lipinski definition) is 0. The normalized spacial score (nSPS) is 16.4. The van der Waals surface area contributed by atoms with Crippen LogP contribution in [0.25, 0.3) is 4.85 Å². The highest BCUT2D eigenvalue weighted by Crippen LogP contribution is 2.40. The van der Waals surface area contributed by atoms with E-state index in [0.29, 0.717) is 26.1 Å². The molecule has 0 bridgehead atoms. The third-order valence-electron chi connectivity index (χ3n) is 9.42. The SMILES string of the molecule is [3H]POCC(C)(CCCCC(CCCCC(C)(COP)c1ccc(C)cc1)([N+]#[C-])S(=O)(=O)c1ccc(C)cc1)c1ccc(C)cc1. The lowest BCUT2D eigenvalue weighted by Crippen LogP contribution is -2.36. The van der Waals surface area contributed by atoms with Crippen molar-refractivity contribution in [3.8, 4) is 0 Å². The van der Waals surface area contributed by atoms with Crippen LogP contribution < -0.4 is 0 Å². The van der Waals surface area contributed by atoms with Crippen LogP contribution in [0.15, 0.2) is 77.7 Å². The summed E-state index contributed by atoms with van der Waals surface area (Å²) >= 11 is 0. The van der Waals surface area contributed by atoms with Crippen molar-refractivity contribution >= 4 is 28.7 Å². The third-order valence-corrected chi connectivity index (χ3v) is 12.1. The maximum absolute atomic E-state index is 14.3. The van der Waals surface area contributed by atoms with E-state index in [-0.39, 0.29) is 38.0 Å². The van der Waals surface area contributed by atoms with E-state index in [4.69, 9.17) is 16.9 Å². The van der Waals surface area contributed by atoms with E-state index in [2.05, 4.69) is 90.5 Å². The lowest BCUT2D eigenvalue weighted by molar-refractivity contribution is 0.239. The molecule has 0 heterocycles. The predicted octanol–water partition coefficient (Wildman–Crippen LogP) is 9.65. The average Bonchev–Trinajstić information content (AvgIpc) is 3.04. The van der Waals surface area contributed by atoms with Crippen LogP contribution in [0.3, 0.4) is 0 Å². The molecule has 0 amide bonds. The first-order chi connectivity index (χ1) is 21.8. The van der Waals surface area contributed by atoms with Crippen LogP contribution in [-0.2, 0) is 29.7 Å². The van der Waals surface area contributed by atoms with Gasteiger partial charge in [0.1, 0.15) is 0 Å². The molecule has 0 aliphatic rings. The van der Waals surface area contributed by atoms with Gasteiger partial charge in [0.05, 0.1) is 19.4 Å². The summed E-state index contributed by atoms with van der Waals surface area (Å²) in [6.07, 6.45) is 4.85. The predicted molar refractivity (Wildman–Crippen MR) is 193 cm³/mol. The van der Waals surface area contributed by atoms with E-state index < -0.39 is 14.7 Å². The molecule has 0 aliphatic heterocycles. The van der Waals surface area contributed by atoms with Gasteiger partial charge in [0.25, 0.3) is 9.84 Å². The molecule has 8 heteroatoms. The Labute approximate surface area is 278 Å². The van der Waals surface area contributed by atoms with E-state index in [1.807, 2.05) is 6.92 Å². The molecule has 5 unspecified atom stereocenters. The van der Waals surface area contributed by atoms with Gasteiger partial charge in [-0.25, -0.2) is 15.0 Å². The first-order valence-corrected chi connectivity index (χ1v) is 18.2. The summed E-state index contributed by atoms with van der Waals surface area (Å²) in [5.41, 5.74) is 5.15. The summed E-state index contributed by atoms with van der Waals surface area (Å²) < 4.78 is 47.2. The molecule has 0 radical (unpaired) electrons. The Morgan fingerprint density at radius 1 is 0.689 bits per heavy atom. The number of hydrogen-bond acceptors (Lipinski definition) is 4. The van der Waals surface area contributed by atoms with Crippen LogP contribution in [0, 0.1) is 27.3 Å². The van der Waals surface area contributed by atoms with Gasteiger partial charge in [-0.2, -0.15) is 0 Å². The van der Waals surface area contributed by atoms with Crippen molar-refractivity contribution in [3.05, 3.63) is 112 Å². The molecule has 5 atom stereocenters. The number of benzene rings is 3. The highest BCUT2D eigenvalue weighted by molar-refractivity contribution is 7.93. The van der Waals surface area contributed by atoms with Gasteiger partial charge in [0.2, 0.25) is 0 Å². The summed E-state index contributed by atoms with van der Waals surface area (Å²) in [5.74, 6) is 0. The largest absolute Gasteiger partial charge is 0.365 e. The summed E-state index contributed by atoms with van der Waals surface area (Å²) in [7, 11) is -1.92. The molecule has 0 fully saturated rings. The highest BCUT2D eigenvalue weighted by atomic mass is 32.2. The van der Waals surface area contributed by atoms with E-state index in [9.17, 15) is 8.42 Å². The first-order valence-electron chi connectivity index (χ1n) is 16.3. The van der Waals surface area contributed by atoms with Gasteiger partial charge in [-0.05, 0) is 69.7 Å². The van der Waals surface area contributed by atoms with Gasteiger partial charge < -0.3 is 9.05 Å². The van der Waals surface area contributed by atoms with Crippen LogP contribution >= 0.6 is 18.9 Å². The average molecular weight is 670 g/mol. The Bertz CT molecular complexity index is 1530. The van der Waals surface area contributed by atoms with Crippen LogP contribution in [0.4, 0.5) is 0 Å². The van der Waals surface area contributed by atoms with E-state index >= 15 is 0 Å². The summed E-state index contributed by atoms with van der Waals surface area (Å²) in [6.45, 7) is 19.7. The van der Waals surface area contributed by atoms with Crippen LogP contribution in [0.1, 0.15) is 93.0 Å². The minimum absolute atomic E-state index is 0.212. The molecule has 244 valence electrons. The van der Waals surface area contributed by atoms with Gasteiger partial charge in [-0.15, -0.1) is 0 Å². The number of aryl methyl sites for hydroxylation is 3. The Morgan fingerprint density at radius 2 is 1.07 bits per heavy atom. The lowest BCUT2D eigenvalue weighted by Gasteiger charge is -2.31. The Hall–Kier alpha value is -2.12. The van der Waals surface area contributed by atoms with Gasteiger partial charge in [-0.1, -0.05) is 104 Å². The zero-order chi connectivity index (χ0) is 33.8. The molecule has 3 aromatic carbocycles. The monoisotopic (exact) mass is 669 g/mol. The van der Waals surface area contributed by atoms with Crippen molar-refractivity contribution in [1.82, 2.24) is 0 Å². The summed E-state index contributed by atoms with van der Waals surface area (Å²) in [5, 5.41) is 0. The van der Waals surface area contributed by atoms with Gasteiger partial charge in [-0.3, -0.25) is 4.85 Å². The minimum atomic E-state index is -3.93. The highest BCUT2D eigenvalue weighted by Gasteiger charge is 2.50. The van der Waals surface area contributed by atoms with E-state index in [1.54, 1.807) is 24.3 Å². The first kappa shape index (κ1) is 35.7. The molecule has 3 rings (SSSR count). The molecule has 5 nitrogen and oxygen atoms in total. The number of sulfone groups is 1. The maximum Gasteiger partial charge on any atom is 0.333 e. The summed E-state index contributed by atoms with van der Waals surface area (Å²) in [6, 6.07) is 23.8. The van der Waals surface area contributed by atoms with Crippen molar-refractivity contribution < 1.29 is 17.5 Å². The molecular weight excluding hydrogens is 616 g/mol. The Balaban J connectivity index is 1.80. The number of rotatable bonds is 19. The summed E-state index contributed by atoms with van der Waals surface area (Å²) in [4.78, 5) is 2.63. The van der Waals surface area contributed by atoms with Gasteiger partial charge in [0, 0.05) is 42.6 Å². The fraction of sp³-hybridized carbons (Fsp3) is 0.486. The fourth-order valence-corrected chi connectivity index (χ4v) is 8.76. The molecule has 0 saturated carbocycles. The molecule has 0 N–H and O–H groups in total. The second kappa shape index (κ2) is 16.6. The van der Waals surface area contributed by atoms with Gasteiger partial charge in [0.15, 0.2) is 0 Å². The van der Waals surface area contributed by atoms with Crippen molar-refractivity contribution in [1.29, 1.82) is 1.28 Å². The topological polar surface area (TPSA) is 57.0 Å². The molecule has 0 spiro atoms. The smallest absolute Gasteiger partial charge is 0.333 e. The zero-order valence-corrected chi connectivity index (χ0v) is 30.5. The van der Waals surface area contributed by atoms with E-state index in [1.165, 1.54) is 16.7 Å². The van der Waals surface area contributed by atoms with Crippen LogP contribution in [0.5, 0.6) is 0 Å². The quantitative estimate of drug-likeness (QED) is 0.0725. The van der Waals surface area contributed by atoms with Crippen molar-refractivity contribution in [2.75, 3.05) is 13.2 Å². The second-order valence-electron chi connectivity index (χ2n) is 13.2. The van der Waals surface area contributed by atoms with Crippen LogP contribution in [0.2, 0.25) is 0 Å². The van der Waals surface area contributed by atoms with Crippen molar-refractivity contribution in [2.45, 2.75) is 107 Å². The number of nitrogens with zero attached hydrogens (tertiary/aromatic N) is 1. The molecule has 45 heavy (non-hydrogen) atoms. The van der Waals surface area contributed by atoms with Crippen LogP contribution in [-0.4, -0.2) is 27.8 Å². The van der Waals surface area contributed by atoms with Crippen molar-refractivity contribution in [2.24, 2.45) is 0 Å². The van der Waals surface area contributed by atoms with E-state index in [0.717, 1.165) is 36.8 Å². The Morgan fingerprint density at radius 3 is 1.44 bits per heavy atom. The van der Waals surface area contributed by atoms with Gasteiger partial charge >= 0.3 is 4.87 Å². The Kier molecular flexibility index (Phi) is 13.2. The molecule has 0 saturated heterocycles. The molecular formula is C37H51NO4P2S. The standard InChI is InChI=1S/C37H51NO4P2S/c1-29-11-17-32(18-12-29)35(4,27-41-43)23-7-9-25-37(38-6,45(39,40)34-21-15-31(3)16-22-34)26-10-8-24-36(5,28-42-44)33-19-13-30(2)14-20-33/h11-22H,7-10,23-28,43-44H2,1-5H3/i43T. The third kappa shape index (κ3) is 9.47. The molecule has 3 aromatic rings. The minimum Gasteiger partial charge on any atom is -0.365 e. The molecule has 0 aromatic heterocycles. The lowest BCUT2D eigenvalue weighted by atomic mass is 9.78. The second-order valence-corrected chi connectivity index (χ2v) is 16.1. The van der Waals surface area contributed by atoms with Crippen molar-refractivity contribution in [3.63, 3.8) is 0 Å². The number of unbranched alkanes of at least 4 members (excludes halogenated alkanes) is 2.